The molecule has 0 aliphatic rings. The summed E-state index contributed by atoms with van der Waals surface area (Å²) >= 11 is 0. The molecule has 4 heteroatoms. The van der Waals surface area contributed by atoms with Crippen LogP contribution in [0, 0.1) is 0 Å². The molecule has 0 aromatic rings. The lowest BCUT2D eigenvalue weighted by Gasteiger charge is -2.20. The standard InChI is InChI=1S/C8H18F2N2/c1-2-3-5-12(6-4-11)7-8(9)10/h8H,2-7,11H2,1H3. The fourth-order valence-electron chi connectivity index (χ4n) is 1.05. The average molecular weight is 180 g/mol. The molecule has 0 aromatic carbocycles. The Morgan fingerprint density at radius 1 is 1.33 bits per heavy atom. The maximum Gasteiger partial charge on any atom is 0.251 e. The van der Waals surface area contributed by atoms with E-state index in [-0.39, 0.29) is 6.54 Å². The number of nitrogens with two attached hydrogens (primary N) is 1. The molecular formula is C8H18F2N2. The summed E-state index contributed by atoms with van der Waals surface area (Å²) in [7, 11) is 0. The number of hydrogen-bond acceptors (Lipinski definition) is 2. The molecule has 0 saturated heterocycles. The second-order valence-corrected chi connectivity index (χ2v) is 2.83. The summed E-state index contributed by atoms with van der Waals surface area (Å²) in [6.07, 6.45) is -0.245. The summed E-state index contributed by atoms with van der Waals surface area (Å²) in [6, 6.07) is 0. The molecule has 2 N–H and O–H groups in total. The van der Waals surface area contributed by atoms with Crippen molar-refractivity contribution in [1.29, 1.82) is 0 Å². The molecule has 0 aliphatic carbocycles. The molecule has 0 heterocycles. The monoisotopic (exact) mass is 180 g/mol. The van der Waals surface area contributed by atoms with Gasteiger partial charge < -0.3 is 5.73 Å². The Labute approximate surface area is 72.7 Å². The normalized spacial score (nSPS) is 11.5. The van der Waals surface area contributed by atoms with Gasteiger partial charge in [-0.3, -0.25) is 4.90 Å². The molecule has 0 amide bonds. The molecule has 0 bridgehead atoms. The quantitative estimate of drug-likeness (QED) is 0.640. The lowest BCUT2D eigenvalue weighted by atomic mass is 10.3. The Kier molecular flexibility index (Phi) is 7.29. The number of rotatable bonds is 7. The molecule has 0 fully saturated rings. The summed E-state index contributed by atoms with van der Waals surface area (Å²) in [6.45, 7) is 3.67. The first-order valence-electron chi connectivity index (χ1n) is 4.41. The third-order valence-corrected chi connectivity index (χ3v) is 1.67. The SMILES string of the molecule is CCCCN(CCN)CC(F)F. The van der Waals surface area contributed by atoms with Gasteiger partial charge in [-0.1, -0.05) is 13.3 Å². The van der Waals surface area contributed by atoms with E-state index in [1.165, 1.54) is 0 Å². The Balaban J connectivity index is 3.54. The number of halogens is 2. The van der Waals surface area contributed by atoms with Crippen molar-refractivity contribution in [3.05, 3.63) is 0 Å². The van der Waals surface area contributed by atoms with Gasteiger partial charge in [-0.05, 0) is 13.0 Å². The van der Waals surface area contributed by atoms with Crippen molar-refractivity contribution >= 4 is 0 Å². The zero-order valence-electron chi connectivity index (χ0n) is 7.60. The molecule has 2 nitrogen and oxygen atoms in total. The summed E-state index contributed by atoms with van der Waals surface area (Å²) < 4.78 is 23.9. The van der Waals surface area contributed by atoms with Crippen LogP contribution in [0.3, 0.4) is 0 Å². The van der Waals surface area contributed by atoms with Gasteiger partial charge in [0.15, 0.2) is 0 Å². The summed E-state index contributed by atoms with van der Waals surface area (Å²) in [5.41, 5.74) is 5.29. The van der Waals surface area contributed by atoms with Crippen molar-refractivity contribution in [2.75, 3.05) is 26.2 Å². The molecule has 74 valence electrons. The Hall–Kier alpha value is -0.220. The average Bonchev–Trinajstić information content (AvgIpc) is 2.00. The van der Waals surface area contributed by atoms with Crippen LogP contribution >= 0.6 is 0 Å². The highest BCUT2D eigenvalue weighted by atomic mass is 19.3. The van der Waals surface area contributed by atoms with Crippen molar-refractivity contribution in [3.63, 3.8) is 0 Å². The van der Waals surface area contributed by atoms with Crippen molar-refractivity contribution in [3.8, 4) is 0 Å². The highest BCUT2D eigenvalue weighted by Gasteiger charge is 2.09. The minimum atomic E-state index is -2.24. The lowest BCUT2D eigenvalue weighted by molar-refractivity contribution is 0.0889. The van der Waals surface area contributed by atoms with Gasteiger partial charge in [-0.25, -0.2) is 8.78 Å². The van der Waals surface area contributed by atoms with Gasteiger partial charge >= 0.3 is 0 Å². The van der Waals surface area contributed by atoms with Crippen molar-refractivity contribution in [2.24, 2.45) is 5.73 Å². The van der Waals surface area contributed by atoms with E-state index in [1.807, 2.05) is 6.92 Å². The zero-order valence-corrected chi connectivity index (χ0v) is 7.60. The van der Waals surface area contributed by atoms with Gasteiger partial charge in [-0.15, -0.1) is 0 Å². The highest BCUT2D eigenvalue weighted by Crippen LogP contribution is 1.99. The van der Waals surface area contributed by atoms with Gasteiger partial charge in [0.1, 0.15) is 0 Å². The van der Waals surface area contributed by atoms with E-state index in [2.05, 4.69) is 0 Å². The fraction of sp³-hybridized carbons (Fsp3) is 1.00. The van der Waals surface area contributed by atoms with Gasteiger partial charge in [0.05, 0.1) is 6.54 Å². The van der Waals surface area contributed by atoms with Crippen LogP contribution in [0.4, 0.5) is 8.78 Å². The summed E-state index contributed by atoms with van der Waals surface area (Å²) in [4.78, 5) is 1.72. The lowest BCUT2D eigenvalue weighted by Crippen LogP contribution is -2.34. The van der Waals surface area contributed by atoms with Crippen LogP contribution in [0.15, 0.2) is 0 Å². The molecule has 0 radical (unpaired) electrons. The first-order valence-corrected chi connectivity index (χ1v) is 4.41. The molecule has 0 aromatic heterocycles. The second-order valence-electron chi connectivity index (χ2n) is 2.83. The molecule has 0 unspecified atom stereocenters. The smallest absolute Gasteiger partial charge is 0.251 e. The van der Waals surface area contributed by atoms with Gasteiger partial charge in [0, 0.05) is 13.1 Å². The van der Waals surface area contributed by atoms with Gasteiger partial charge in [0.2, 0.25) is 0 Å². The number of unbranched alkanes of at least 4 members (excludes halogenated alkanes) is 1. The van der Waals surface area contributed by atoms with Crippen LogP contribution in [-0.4, -0.2) is 37.5 Å². The Bertz CT molecular complexity index is 99.1. The Morgan fingerprint density at radius 2 is 2.00 bits per heavy atom. The Morgan fingerprint density at radius 3 is 2.42 bits per heavy atom. The predicted octanol–water partition coefficient (Wildman–Crippen LogP) is 1.31. The van der Waals surface area contributed by atoms with Gasteiger partial charge in [0.25, 0.3) is 6.43 Å². The maximum absolute atomic E-state index is 12.0. The van der Waals surface area contributed by atoms with Crippen LogP contribution in [0.2, 0.25) is 0 Å². The van der Waals surface area contributed by atoms with Crippen LogP contribution in [0.25, 0.3) is 0 Å². The topological polar surface area (TPSA) is 29.3 Å². The fourth-order valence-corrected chi connectivity index (χ4v) is 1.05. The summed E-state index contributed by atoms with van der Waals surface area (Å²) in [5, 5.41) is 0. The zero-order chi connectivity index (χ0) is 9.40. The largest absolute Gasteiger partial charge is 0.329 e. The van der Waals surface area contributed by atoms with E-state index in [1.54, 1.807) is 4.90 Å². The van der Waals surface area contributed by atoms with E-state index in [9.17, 15) is 8.78 Å². The molecular weight excluding hydrogens is 162 g/mol. The van der Waals surface area contributed by atoms with Crippen molar-refractivity contribution in [2.45, 2.75) is 26.2 Å². The minimum absolute atomic E-state index is 0.142. The summed E-state index contributed by atoms with van der Waals surface area (Å²) in [5.74, 6) is 0. The first kappa shape index (κ1) is 11.8. The molecule has 0 atom stereocenters. The maximum atomic E-state index is 12.0. The minimum Gasteiger partial charge on any atom is -0.329 e. The van der Waals surface area contributed by atoms with Crippen LogP contribution in [-0.2, 0) is 0 Å². The van der Waals surface area contributed by atoms with E-state index in [0.717, 1.165) is 19.4 Å². The van der Waals surface area contributed by atoms with Crippen LogP contribution in [0.5, 0.6) is 0 Å². The van der Waals surface area contributed by atoms with Crippen LogP contribution < -0.4 is 5.73 Å². The molecule has 0 saturated carbocycles. The number of nitrogens with zero attached hydrogens (tertiary/aromatic N) is 1. The third kappa shape index (κ3) is 6.49. The number of hydrogen-bond donors (Lipinski definition) is 1. The molecule has 12 heavy (non-hydrogen) atoms. The molecule has 0 spiro atoms. The van der Waals surface area contributed by atoms with Crippen molar-refractivity contribution < 1.29 is 8.78 Å². The van der Waals surface area contributed by atoms with E-state index in [4.69, 9.17) is 5.73 Å². The first-order chi connectivity index (χ1) is 5.70. The van der Waals surface area contributed by atoms with Crippen molar-refractivity contribution in [1.82, 2.24) is 4.90 Å². The predicted molar refractivity (Wildman–Crippen MR) is 46.4 cm³/mol. The second kappa shape index (κ2) is 7.43. The van der Waals surface area contributed by atoms with Crippen LogP contribution in [0.1, 0.15) is 19.8 Å². The third-order valence-electron chi connectivity index (χ3n) is 1.67. The number of alkyl halides is 2. The molecule has 0 aliphatic heterocycles. The van der Waals surface area contributed by atoms with E-state index >= 15 is 0 Å². The van der Waals surface area contributed by atoms with Gasteiger partial charge in [-0.2, -0.15) is 0 Å². The molecule has 0 rings (SSSR count). The highest BCUT2D eigenvalue weighted by molar-refractivity contribution is 4.59. The van der Waals surface area contributed by atoms with E-state index in [0.29, 0.717) is 13.1 Å². The van der Waals surface area contributed by atoms with E-state index < -0.39 is 6.43 Å².